The molecule has 0 aliphatic heterocycles. The average Bonchev–Trinajstić information content (AvgIpc) is 2.76. The monoisotopic (exact) mass is 252 g/mol. The first-order chi connectivity index (χ1) is 8.52. The quantitative estimate of drug-likeness (QED) is 0.822. The molecule has 1 heterocycles. The van der Waals surface area contributed by atoms with Gasteiger partial charge in [0.05, 0.1) is 6.54 Å². The number of hydrogen-bond donors (Lipinski definition) is 2. The predicted octanol–water partition coefficient (Wildman–Crippen LogP) is 0.826. The number of halogens is 1. The SMILES string of the molecule is CC(N)=O.NCc1nc(-c2cccc(F)c2)no1. The van der Waals surface area contributed by atoms with Gasteiger partial charge in [-0.25, -0.2) is 4.39 Å². The maximum absolute atomic E-state index is 12.8. The molecule has 0 spiro atoms. The summed E-state index contributed by atoms with van der Waals surface area (Å²) in [4.78, 5) is 13.2. The van der Waals surface area contributed by atoms with Gasteiger partial charge in [-0.3, -0.25) is 4.79 Å². The highest BCUT2D eigenvalue weighted by Gasteiger charge is 2.07. The Kier molecular flexibility index (Phi) is 4.94. The van der Waals surface area contributed by atoms with E-state index in [9.17, 15) is 9.18 Å². The molecule has 96 valence electrons. The number of aromatic nitrogens is 2. The minimum absolute atomic E-state index is 0.183. The van der Waals surface area contributed by atoms with Crippen molar-refractivity contribution in [3.05, 3.63) is 36.0 Å². The zero-order valence-electron chi connectivity index (χ0n) is 9.76. The van der Waals surface area contributed by atoms with Crippen LogP contribution in [0.2, 0.25) is 0 Å². The minimum Gasteiger partial charge on any atom is -0.370 e. The Morgan fingerprint density at radius 1 is 1.50 bits per heavy atom. The van der Waals surface area contributed by atoms with E-state index in [1.807, 2.05) is 0 Å². The summed E-state index contributed by atoms with van der Waals surface area (Å²) in [7, 11) is 0. The summed E-state index contributed by atoms with van der Waals surface area (Å²) >= 11 is 0. The molecule has 0 radical (unpaired) electrons. The normalized spacial score (nSPS) is 9.50. The number of nitrogens with two attached hydrogens (primary N) is 2. The van der Waals surface area contributed by atoms with Crippen molar-refractivity contribution in [3.63, 3.8) is 0 Å². The van der Waals surface area contributed by atoms with Crippen LogP contribution in [0, 0.1) is 5.82 Å². The smallest absolute Gasteiger partial charge is 0.240 e. The van der Waals surface area contributed by atoms with E-state index in [0.29, 0.717) is 17.3 Å². The Morgan fingerprint density at radius 2 is 2.17 bits per heavy atom. The molecule has 2 rings (SSSR count). The second-order valence-corrected chi connectivity index (χ2v) is 3.34. The predicted molar refractivity (Wildman–Crippen MR) is 62.5 cm³/mol. The maximum Gasteiger partial charge on any atom is 0.240 e. The van der Waals surface area contributed by atoms with Crippen LogP contribution in [0.1, 0.15) is 12.8 Å². The van der Waals surface area contributed by atoms with Crippen LogP contribution in [0.25, 0.3) is 11.4 Å². The van der Waals surface area contributed by atoms with Gasteiger partial charge in [-0.15, -0.1) is 0 Å². The number of hydrogen-bond acceptors (Lipinski definition) is 5. The zero-order chi connectivity index (χ0) is 13.5. The number of carbonyl (C=O) groups excluding carboxylic acids is 1. The van der Waals surface area contributed by atoms with Gasteiger partial charge in [0.1, 0.15) is 5.82 Å². The number of amides is 1. The molecule has 1 amide bonds. The second kappa shape index (κ2) is 6.45. The van der Waals surface area contributed by atoms with Gasteiger partial charge in [0.25, 0.3) is 0 Å². The molecule has 7 heteroatoms. The van der Waals surface area contributed by atoms with E-state index in [2.05, 4.69) is 15.9 Å². The highest BCUT2D eigenvalue weighted by Crippen LogP contribution is 2.16. The summed E-state index contributed by atoms with van der Waals surface area (Å²) in [5.74, 6) is 0.0239. The summed E-state index contributed by atoms with van der Waals surface area (Å²) in [6.07, 6.45) is 0. The average molecular weight is 252 g/mol. The highest BCUT2D eigenvalue weighted by molar-refractivity contribution is 5.70. The fourth-order valence-electron chi connectivity index (χ4n) is 1.08. The first kappa shape index (κ1) is 13.8. The van der Waals surface area contributed by atoms with Crippen LogP contribution in [0.3, 0.4) is 0 Å². The van der Waals surface area contributed by atoms with Gasteiger partial charge in [-0.05, 0) is 12.1 Å². The molecule has 18 heavy (non-hydrogen) atoms. The van der Waals surface area contributed by atoms with Gasteiger partial charge in [-0.2, -0.15) is 4.98 Å². The van der Waals surface area contributed by atoms with Crippen LogP contribution < -0.4 is 11.5 Å². The molecule has 0 aliphatic carbocycles. The number of carbonyl (C=O) groups is 1. The number of nitrogens with zero attached hydrogens (tertiary/aromatic N) is 2. The maximum atomic E-state index is 12.8. The third kappa shape index (κ3) is 4.30. The van der Waals surface area contributed by atoms with E-state index in [-0.39, 0.29) is 18.3 Å². The summed E-state index contributed by atoms with van der Waals surface area (Å²) in [5.41, 5.74) is 10.4. The van der Waals surface area contributed by atoms with E-state index in [1.54, 1.807) is 12.1 Å². The van der Waals surface area contributed by atoms with Crippen LogP contribution in [-0.2, 0) is 11.3 Å². The summed E-state index contributed by atoms with van der Waals surface area (Å²) in [6, 6.07) is 5.98. The van der Waals surface area contributed by atoms with E-state index < -0.39 is 0 Å². The highest BCUT2D eigenvalue weighted by atomic mass is 19.1. The van der Waals surface area contributed by atoms with Gasteiger partial charge in [-0.1, -0.05) is 17.3 Å². The number of rotatable bonds is 2. The van der Waals surface area contributed by atoms with Gasteiger partial charge in [0.2, 0.25) is 17.6 Å². The first-order valence-electron chi connectivity index (χ1n) is 5.07. The van der Waals surface area contributed by atoms with Crippen molar-refractivity contribution in [2.45, 2.75) is 13.5 Å². The lowest BCUT2D eigenvalue weighted by atomic mass is 10.2. The van der Waals surface area contributed by atoms with Crippen molar-refractivity contribution < 1.29 is 13.7 Å². The van der Waals surface area contributed by atoms with Crippen LogP contribution in [-0.4, -0.2) is 16.0 Å². The van der Waals surface area contributed by atoms with E-state index in [1.165, 1.54) is 19.1 Å². The van der Waals surface area contributed by atoms with Crippen molar-refractivity contribution in [1.82, 2.24) is 10.1 Å². The fraction of sp³-hybridized carbons (Fsp3) is 0.182. The van der Waals surface area contributed by atoms with Crippen LogP contribution >= 0.6 is 0 Å². The summed E-state index contributed by atoms with van der Waals surface area (Å²) in [5, 5.41) is 3.67. The Labute approximate surface area is 103 Å². The fourth-order valence-corrected chi connectivity index (χ4v) is 1.08. The molecule has 0 unspecified atom stereocenters. The van der Waals surface area contributed by atoms with Crippen LogP contribution in [0.5, 0.6) is 0 Å². The molecular formula is C11H13FN4O2. The van der Waals surface area contributed by atoms with Crippen molar-refractivity contribution in [2.24, 2.45) is 11.5 Å². The summed E-state index contributed by atoms with van der Waals surface area (Å²) < 4.78 is 17.6. The molecule has 6 nitrogen and oxygen atoms in total. The Bertz CT molecular complexity index is 523. The van der Waals surface area contributed by atoms with Crippen molar-refractivity contribution in [1.29, 1.82) is 0 Å². The molecule has 0 aliphatic rings. The third-order valence-corrected chi connectivity index (χ3v) is 1.73. The van der Waals surface area contributed by atoms with Gasteiger partial charge >= 0.3 is 0 Å². The largest absolute Gasteiger partial charge is 0.370 e. The molecule has 4 N–H and O–H groups in total. The number of primary amides is 1. The standard InChI is InChI=1S/C9H8FN3O.C2H5NO/c10-7-3-1-2-6(4-7)9-12-8(5-11)14-13-9;1-2(3)4/h1-4H,5,11H2;1H3,(H2,3,4). The summed E-state index contributed by atoms with van der Waals surface area (Å²) in [6.45, 7) is 1.49. The van der Waals surface area contributed by atoms with Gasteiger partial charge < -0.3 is 16.0 Å². The van der Waals surface area contributed by atoms with Crippen molar-refractivity contribution in [3.8, 4) is 11.4 Å². The van der Waals surface area contributed by atoms with Crippen molar-refractivity contribution >= 4 is 5.91 Å². The molecule has 0 saturated heterocycles. The zero-order valence-corrected chi connectivity index (χ0v) is 9.76. The minimum atomic E-state index is -0.333. The van der Waals surface area contributed by atoms with Gasteiger partial charge in [0.15, 0.2) is 0 Å². The Morgan fingerprint density at radius 3 is 2.67 bits per heavy atom. The second-order valence-electron chi connectivity index (χ2n) is 3.34. The van der Waals surface area contributed by atoms with E-state index in [0.717, 1.165) is 0 Å². The molecule has 1 aromatic heterocycles. The van der Waals surface area contributed by atoms with E-state index >= 15 is 0 Å². The Hall–Kier alpha value is -2.28. The molecule has 1 aromatic carbocycles. The lowest BCUT2D eigenvalue weighted by Crippen LogP contribution is -2.01. The Balaban J connectivity index is 0.000000357. The molecule has 0 bridgehead atoms. The lowest BCUT2D eigenvalue weighted by molar-refractivity contribution is -0.115. The lowest BCUT2D eigenvalue weighted by Gasteiger charge is -1.92. The molecule has 2 aromatic rings. The van der Waals surface area contributed by atoms with Crippen molar-refractivity contribution in [2.75, 3.05) is 0 Å². The molecule has 0 fully saturated rings. The van der Waals surface area contributed by atoms with Crippen LogP contribution in [0.15, 0.2) is 28.8 Å². The topological polar surface area (TPSA) is 108 Å². The van der Waals surface area contributed by atoms with E-state index in [4.69, 9.17) is 10.3 Å². The first-order valence-corrected chi connectivity index (χ1v) is 5.07. The number of benzene rings is 1. The third-order valence-electron chi connectivity index (χ3n) is 1.73. The molecular weight excluding hydrogens is 239 g/mol. The van der Waals surface area contributed by atoms with Gasteiger partial charge in [0, 0.05) is 12.5 Å². The van der Waals surface area contributed by atoms with Crippen LogP contribution in [0.4, 0.5) is 4.39 Å². The molecule has 0 saturated carbocycles. The molecule has 0 atom stereocenters.